The molecule has 11 heteroatoms. The summed E-state index contributed by atoms with van der Waals surface area (Å²) in [6.45, 7) is 4.73. The molecule has 45 heavy (non-hydrogen) atoms. The molecule has 0 spiro atoms. The highest BCUT2D eigenvalue weighted by molar-refractivity contribution is 6.07. The van der Waals surface area contributed by atoms with Crippen LogP contribution < -0.4 is 15.8 Å². The molecule has 2 aliphatic heterocycles. The second-order valence-corrected chi connectivity index (χ2v) is 12.5. The lowest BCUT2D eigenvalue weighted by atomic mass is 9.98. The summed E-state index contributed by atoms with van der Waals surface area (Å²) < 4.78 is 30.4. The second-order valence-electron chi connectivity index (χ2n) is 12.5. The van der Waals surface area contributed by atoms with Crippen LogP contribution in [0.3, 0.4) is 0 Å². The number of likely N-dealkylation sites (tertiary alicyclic amines) is 1. The van der Waals surface area contributed by atoms with Gasteiger partial charge in [-0.3, -0.25) is 14.5 Å². The van der Waals surface area contributed by atoms with Gasteiger partial charge in [-0.1, -0.05) is 18.7 Å². The molecule has 2 N–H and O–H groups in total. The Morgan fingerprint density at radius 3 is 2.60 bits per heavy atom. The van der Waals surface area contributed by atoms with Crippen LogP contribution in [0, 0.1) is 0 Å². The van der Waals surface area contributed by atoms with Crippen LogP contribution in [0.5, 0.6) is 0 Å². The standard InChI is InChI=1S/C34H40F2N6O3/c1-22(14-25(38(2)3)18-40-20-34(35,36)21-40)37-28-15-24(17-39(4)32(28)44)26-9-7-11-30(27(26)19-43)42-13-12-41-29-10-6-5-8-23(29)16-31(41)33(42)45/h7,9,11,14-17,37,43H,1,5-6,8,10,12-13,18-21H2,2-4H3/b25-14-. The number of nitrogens with one attached hydrogen (secondary N) is 1. The first-order valence-electron chi connectivity index (χ1n) is 15.4. The minimum absolute atomic E-state index is 0.0768. The minimum atomic E-state index is -2.66. The number of aromatic nitrogens is 2. The second kappa shape index (κ2) is 11.9. The van der Waals surface area contributed by atoms with Gasteiger partial charge < -0.3 is 29.4 Å². The quantitative estimate of drug-likeness (QED) is 0.350. The van der Waals surface area contributed by atoms with Crippen LogP contribution in [-0.2, 0) is 33.0 Å². The zero-order valence-electron chi connectivity index (χ0n) is 26.1. The SMILES string of the molecule is C=C(/C=C(/CN1CC(F)(F)C1)N(C)C)Nc1cc(-c2cccc(N3CCn4c(cc5c4CCCC5)C3=O)c2CO)cn(C)c1=O. The monoisotopic (exact) mass is 618 g/mol. The van der Waals surface area contributed by atoms with E-state index in [2.05, 4.69) is 16.5 Å². The van der Waals surface area contributed by atoms with E-state index >= 15 is 0 Å². The molecule has 0 unspecified atom stereocenters. The molecule has 1 aliphatic carbocycles. The largest absolute Gasteiger partial charge is 0.392 e. The number of rotatable bonds is 9. The molecular weight excluding hydrogens is 578 g/mol. The number of alkyl halides is 2. The fourth-order valence-electron chi connectivity index (χ4n) is 6.76. The summed E-state index contributed by atoms with van der Waals surface area (Å²) in [6.07, 6.45) is 7.73. The van der Waals surface area contributed by atoms with Crippen molar-refractivity contribution in [3.8, 4) is 11.1 Å². The number of aryl methyl sites for hydroxylation is 2. The number of aliphatic hydroxyl groups is 1. The first-order valence-corrected chi connectivity index (χ1v) is 15.4. The van der Waals surface area contributed by atoms with E-state index in [1.165, 1.54) is 15.8 Å². The van der Waals surface area contributed by atoms with E-state index in [0.29, 0.717) is 53.4 Å². The van der Waals surface area contributed by atoms with Gasteiger partial charge in [-0.25, -0.2) is 8.78 Å². The maximum absolute atomic E-state index is 13.8. The van der Waals surface area contributed by atoms with E-state index in [4.69, 9.17) is 0 Å². The Labute approximate surface area is 261 Å². The first kappa shape index (κ1) is 30.8. The van der Waals surface area contributed by atoms with Crippen molar-refractivity contribution < 1.29 is 18.7 Å². The Balaban J connectivity index is 1.28. The Hall–Kier alpha value is -4.22. The van der Waals surface area contributed by atoms with Gasteiger partial charge in [0.05, 0.1) is 25.4 Å². The van der Waals surface area contributed by atoms with Gasteiger partial charge in [0.15, 0.2) is 0 Å². The number of carbonyl (C=O) groups excluding carboxylic acids is 1. The van der Waals surface area contributed by atoms with Crippen LogP contribution in [0.25, 0.3) is 11.1 Å². The zero-order valence-corrected chi connectivity index (χ0v) is 26.1. The molecule has 6 rings (SSSR count). The molecule has 3 aliphatic rings. The number of nitrogens with zero attached hydrogens (tertiary/aromatic N) is 5. The number of carbonyl (C=O) groups is 1. The van der Waals surface area contributed by atoms with Gasteiger partial charge in [0.25, 0.3) is 17.4 Å². The molecule has 1 fully saturated rings. The molecule has 0 atom stereocenters. The van der Waals surface area contributed by atoms with Gasteiger partial charge in [0.2, 0.25) is 0 Å². The Kier molecular flexibility index (Phi) is 8.17. The number of benzene rings is 1. The summed E-state index contributed by atoms with van der Waals surface area (Å²) in [4.78, 5) is 32.2. The zero-order chi connectivity index (χ0) is 32.0. The summed E-state index contributed by atoms with van der Waals surface area (Å²) in [6, 6.07) is 9.34. The molecule has 0 saturated carbocycles. The highest BCUT2D eigenvalue weighted by Crippen LogP contribution is 2.36. The molecule has 3 aromatic rings. The van der Waals surface area contributed by atoms with Crippen molar-refractivity contribution >= 4 is 17.3 Å². The molecule has 238 valence electrons. The van der Waals surface area contributed by atoms with E-state index in [-0.39, 0.29) is 36.9 Å². The summed E-state index contributed by atoms with van der Waals surface area (Å²) in [5, 5.41) is 13.7. The fraction of sp³-hybridized carbons (Fsp3) is 0.412. The normalized spacial score (nSPS) is 17.9. The van der Waals surface area contributed by atoms with Crippen LogP contribution in [-0.4, -0.2) is 76.1 Å². The predicted molar refractivity (Wildman–Crippen MR) is 172 cm³/mol. The number of fused-ring (bicyclic) bond motifs is 3. The van der Waals surface area contributed by atoms with E-state index in [1.807, 2.05) is 43.3 Å². The van der Waals surface area contributed by atoms with Crippen molar-refractivity contribution in [3.05, 3.63) is 93.4 Å². The topological polar surface area (TPSA) is 86.0 Å². The number of hydrogen-bond donors (Lipinski definition) is 2. The van der Waals surface area contributed by atoms with Crippen molar-refractivity contribution in [3.63, 3.8) is 0 Å². The lowest BCUT2D eigenvalue weighted by molar-refractivity contribution is -0.128. The van der Waals surface area contributed by atoms with Crippen molar-refractivity contribution in [2.75, 3.05) is 50.5 Å². The van der Waals surface area contributed by atoms with Gasteiger partial charge >= 0.3 is 0 Å². The predicted octanol–water partition coefficient (Wildman–Crippen LogP) is 4.21. The lowest BCUT2D eigenvalue weighted by Gasteiger charge is -2.40. The average Bonchev–Trinajstić information content (AvgIpc) is 3.37. The number of amides is 1. The van der Waals surface area contributed by atoms with E-state index in [9.17, 15) is 23.5 Å². The molecule has 1 aromatic carbocycles. The molecule has 9 nitrogen and oxygen atoms in total. The van der Waals surface area contributed by atoms with Crippen molar-refractivity contribution in [2.24, 2.45) is 7.05 Å². The number of halogens is 2. The number of anilines is 2. The van der Waals surface area contributed by atoms with E-state index < -0.39 is 5.92 Å². The lowest BCUT2D eigenvalue weighted by Crippen LogP contribution is -2.57. The van der Waals surface area contributed by atoms with Gasteiger partial charge in [0.1, 0.15) is 11.4 Å². The van der Waals surface area contributed by atoms with Crippen molar-refractivity contribution in [1.82, 2.24) is 18.9 Å². The molecule has 1 amide bonds. The molecular formula is C34H40F2N6O3. The third kappa shape index (κ3) is 5.94. The summed E-state index contributed by atoms with van der Waals surface area (Å²) in [5.74, 6) is -2.73. The Morgan fingerprint density at radius 2 is 1.89 bits per heavy atom. The Bertz CT molecular complexity index is 1750. The summed E-state index contributed by atoms with van der Waals surface area (Å²) in [7, 11) is 5.31. The number of hydrogen-bond acceptors (Lipinski definition) is 6. The average molecular weight is 619 g/mol. The smallest absolute Gasteiger partial charge is 0.274 e. The third-order valence-corrected chi connectivity index (χ3v) is 9.02. The van der Waals surface area contributed by atoms with Crippen LogP contribution >= 0.6 is 0 Å². The highest BCUT2D eigenvalue weighted by Gasteiger charge is 2.43. The molecule has 4 heterocycles. The van der Waals surface area contributed by atoms with Gasteiger partial charge in [0, 0.05) is 75.2 Å². The van der Waals surface area contributed by atoms with Crippen molar-refractivity contribution in [2.45, 2.75) is 44.8 Å². The van der Waals surface area contributed by atoms with Crippen LogP contribution in [0.1, 0.15) is 40.2 Å². The maximum atomic E-state index is 13.8. The van der Waals surface area contributed by atoms with E-state index in [0.717, 1.165) is 31.4 Å². The minimum Gasteiger partial charge on any atom is -0.392 e. The van der Waals surface area contributed by atoms with Gasteiger partial charge in [-0.2, -0.15) is 0 Å². The summed E-state index contributed by atoms with van der Waals surface area (Å²) in [5.41, 5.74) is 7.07. The number of aliphatic hydroxyl groups excluding tert-OH is 1. The van der Waals surface area contributed by atoms with Crippen LogP contribution in [0.4, 0.5) is 20.2 Å². The fourth-order valence-corrected chi connectivity index (χ4v) is 6.76. The van der Waals surface area contributed by atoms with Crippen LogP contribution in [0.15, 0.2) is 65.4 Å². The molecule has 2 aromatic heterocycles. The van der Waals surface area contributed by atoms with Gasteiger partial charge in [-0.15, -0.1) is 0 Å². The molecule has 1 saturated heterocycles. The number of pyridine rings is 1. The maximum Gasteiger partial charge on any atom is 0.274 e. The highest BCUT2D eigenvalue weighted by atomic mass is 19.3. The van der Waals surface area contributed by atoms with E-state index in [1.54, 1.807) is 35.2 Å². The first-order chi connectivity index (χ1) is 21.5. The molecule has 0 bridgehead atoms. The number of allylic oxidation sites excluding steroid dienone is 1. The number of likely N-dealkylation sites (N-methyl/N-ethyl adjacent to an activating group) is 1. The van der Waals surface area contributed by atoms with Crippen molar-refractivity contribution in [1.29, 1.82) is 0 Å². The third-order valence-electron chi connectivity index (χ3n) is 9.02. The Morgan fingerprint density at radius 1 is 1.13 bits per heavy atom. The molecule has 0 radical (unpaired) electrons. The van der Waals surface area contributed by atoms with Gasteiger partial charge in [-0.05, 0) is 61.1 Å². The van der Waals surface area contributed by atoms with Crippen LogP contribution in [0.2, 0.25) is 0 Å². The summed E-state index contributed by atoms with van der Waals surface area (Å²) >= 11 is 0.